The van der Waals surface area contributed by atoms with E-state index in [-0.39, 0.29) is 25.4 Å². The maximum Gasteiger partial charge on any atom is 0.437 e. The van der Waals surface area contributed by atoms with Gasteiger partial charge < -0.3 is 14.4 Å². The summed E-state index contributed by atoms with van der Waals surface area (Å²) in [6, 6.07) is 4.86. The van der Waals surface area contributed by atoms with Crippen LogP contribution in [0.3, 0.4) is 0 Å². The molecule has 2 fully saturated rings. The number of hydrogen-bond donors (Lipinski definition) is 0. The maximum absolute atomic E-state index is 14.6. The lowest BCUT2D eigenvalue weighted by molar-refractivity contribution is -0.294. The number of carbonyl (C=O) groups is 1. The minimum atomic E-state index is -4.01. The molecular formula is C20H23F3N4O3. The first-order valence-electron chi connectivity index (χ1n) is 9.77. The Labute approximate surface area is 172 Å². The number of anilines is 1. The van der Waals surface area contributed by atoms with Crippen LogP contribution in [-0.4, -0.2) is 65.1 Å². The molecule has 0 bridgehead atoms. The van der Waals surface area contributed by atoms with Gasteiger partial charge in [0.15, 0.2) is 0 Å². The van der Waals surface area contributed by atoms with Gasteiger partial charge in [0, 0.05) is 43.6 Å². The summed E-state index contributed by atoms with van der Waals surface area (Å²) in [5.41, 5.74) is -0.296. The highest BCUT2D eigenvalue weighted by molar-refractivity contribution is 5.98. The van der Waals surface area contributed by atoms with Crippen LogP contribution in [-0.2, 0) is 27.4 Å². The molecule has 1 unspecified atom stereocenters. The fourth-order valence-corrected chi connectivity index (χ4v) is 3.89. The number of morpholine rings is 1. The van der Waals surface area contributed by atoms with Crippen molar-refractivity contribution in [1.82, 2.24) is 14.7 Å². The van der Waals surface area contributed by atoms with Crippen molar-refractivity contribution in [2.75, 3.05) is 37.7 Å². The molecule has 1 aromatic carbocycles. The average Bonchev–Trinajstić information content (AvgIpc) is 3.07. The topological polar surface area (TPSA) is 59.8 Å². The Morgan fingerprint density at radius 2 is 1.97 bits per heavy atom. The summed E-state index contributed by atoms with van der Waals surface area (Å²) in [6.07, 6.45) is -0.366. The first kappa shape index (κ1) is 20.8. The molecule has 1 amide bonds. The van der Waals surface area contributed by atoms with Crippen LogP contribution in [0.4, 0.5) is 18.9 Å². The van der Waals surface area contributed by atoms with E-state index in [9.17, 15) is 18.0 Å². The largest absolute Gasteiger partial charge is 0.437 e. The van der Waals surface area contributed by atoms with Gasteiger partial charge in [-0.25, -0.2) is 4.39 Å². The molecule has 0 radical (unpaired) electrons. The van der Waals surface area contributed by atoms with Crippen LogP contribution in [0.1, 0.15) is 12.5 Å². The summed E-state index contributed by atoms with van der Waals surface area (Å²) >= 11 is 0. The van der Waals surface area contributed by atoms with Gasteiger partial charge in [0.05, 0.1) is 26.0 Å². The molecule has 4 rings (SSSR count). The average molecular weight is 424 g/mol. The van der Waals surface area contributed by atoms with Crippen molar-refractivity contribution < 1.29 is 27.4 Å². The SMILES string of the molecule is CCn1cc(CN2CCOCC3(C2)CN(c2ccc(F)cc2)C(=O)C(F)(F)O3)cn1. The van der Waals surface area contributed by atoms with Gasteiger partial charge in [-0.1, -0.05) is 0 Å². The van der Waals surface area contributed by atoms with Gasteiger partial charge in [-0.3, -0.25) is 14.4 Å². The van der Waals surface area contributed by atoms with E-state index in [1.54, 1.807) is 10.9 Å². The van der Waals surface area contributed by atoms with Gasteiger partial charge in [-0.2, -0.15) is 13.9 Å². The molecule has 3 heterocycles. The third-order valence-electron chi connectivity index (χ3n) is 5.27. The van der Waals surface area contributed by atoms with Crippen molar-refractivity contribution in [1.29, 1.82) is 0 Å². The second kappa shape index (κ2) is 8.01. The standard InChI is InChI=1S/C20H23F3N4O3/c1-2-26-11-15(9-24-26)10-25-7-8-29-14-19(12-25)13-27(18(28)20(22,23)30-19)17-5-3-16(21)4-6-17/h3-6,9,11H,2,7-8,10,12-14H2,1H3. The van der Waals surface area contributed by atoms with Crippen LogP contribution in [0.25, 0.3) is 0 Å². The number of ether oxygens (including phenoxy) is 2. The molecular weight excluding hydrogens is 401 g/mol. The first-order chi connectivity index (χ1) is 14.3. The molecule has 0 aliphatic carbocycles. The lowest BCUT2D eigenvalue weighted by Gasteiger charge is -2.45. The van der Waals surface area contributed by atoms with Crippen molar-refractivity contribution in [3.63, 3.8) is 0 Å². The molecule has 7 nitrogen and oxygen atoms in total. The van der Waals surface area contributed by atoms with Crippen LogP contribution in [0.2, 0.25) is 0 Å². The van der Waals surface area contributed by atoms with Crippen molar-refractivity contribution >= 4 is 11.6 Å². The zero-order chi connectivity index (χ0) is 21.4. The summed E-state index contributed by atoms with van der Waals surface area (Å²) in [4.78, 5) is 15.3. The van der Waals surface area contributed by atoms with E-state index < -0.39 is 23.4 Å². The Kier molecular flexibility index (Phi) is 5.56. The quantitative estimate of drug-likeness (QED) is 0.754. The monoisotopic (exact) mass is 424 g/mol. The third kappa shape index (κ3) is 4.21. The summed E-state index contributed by atoms with van der Waals surface area (Å²) in [6.45, 7) is 4.01. The summed E-state index contributed by atoms with van der Waals surface area (Å²) < 4.78 is 55.0. The Morgan fingerprint density at radius 1 is 1.20 bits per heavy atom. The lowest BCUT2D eigenvalue weighted by Crippen LogP contribution is -2.66. The second-order valence-corrected chi connectivity index (χ2v) is 7.64. The number of amides is 1. The van der Waals surface area contributed by atoms with E-state index >= 15 is 0 Å². The third-order valence-corrected chi connectivity index (χ3v) is 5.27. The minimum absolute atomic E-state index is 0.0850. The molecule has 10 heteroatoms. The van der Waals surface area contributed by atoms with Gasteiger partial charge in [0.25, 0.3) is 0 Å². The number of halogens is 3. The number of aromatic nitrogens is 2. The number of hydrogen-bond acceptors (Lipinski definition) is 5. The van der Waals surface area contributed by atoms with Gasteiger partial charge in [-0.05, 0) is 31.2 Å². The minimum Gasteiger partial charge on any atom is -0.377 e. The molecule has 0 saturated carbocycles. The number of aryl methyl sites for hydroxylation is 1. The fourth-order valence-electron chi connectivity index (χ4n) is 3.89. The Bertz CT molecular complexity index is 905. The highest BCUT2D eigenvalue weighted by atomic mass is 19.3. The number of rotatable bonds is 4. The molecule has 1 spiro atoms. The summed E-state index contributed by atoms with van der Waals surface area (Å²) in [5.74, 6) is -1.99. The van der Waals surface area contributed by atoms with Crippen molar-refractivity contribution in [2.24, 2.45) is 0 Å². The van der Waals surface area contributed by atoms with Gasteiger partial charge in [0.1, 0.15) is 11.4 Å². The molecule has 0 N–H and O–H groups in total. The lowest BCUT2D eigenvalue weighted by atomic mass is 10.00. The Morgan fingerprint density at radius 3 is 2.67 bits per heavy atom. The van der Waals surface area contributed by atoms with Crippen molar-refractivity contribution in [3.05, 3.63) is 48.0 Å². The van der Waals surface area contributed by atoms with Gasteiger partial charge in [0.2, 0.25) is 0 Å². The molecule has 1 atom stereocenters. The van der Waals surface area contributed by atoms with Crippen LogP contribution in [0.5, 0.6) is 0 Å². The Balaban J connectivity index is 1.59. The zero-order valence-electron chi connectivity index (χ0n) is 16.6. The van der Waals surface area contributed by atoms with E-state index in [1.807, 2.05) is 18.0 Å². The summed E-state index contributed by atoms with van der Waals surface area (Å²) in [5, 5.41) is 4.24. The zero-order valence-corrected chi connectivity index (χ0v) is 16.6. The van der Waals surface area contributed by atoms with E-state index in [0.29, 0.717) is 19.7 Å². The smallest absolute Gasteiger partial charge is 0.377 e. The van der Waals surface area contributed by atoms with E-state index in [4.69, 9.17) is 9.47 Å². The molecule has 2 aliphatic heterocycles. The van der Waals surface area contributed by atoms with E-state index in [0.717, 1.165) is 29.1 Å². The maximum atomic E-state index is 14.6. The molecule has 1 aromatic heterocycles. The predicted molar refractivity (Wildman–Crippen MR) is 102 cm³/mol. The highest BCUT2D eigenvalue weighted by Crippen LogP contribution is 2.37. The number of alkyl halides is 2. The number of nitrogens with zero attached hydrogens (tertiary/aromatic N) is 4. The van der Waals surface area contributed by atoms with Crippen LogP contribution >= 0.6 is 0 Å². The van der Waals surface area contributed by atoms with Crippen LogP contribution in [0, 0.1) is 5.82 Å². The Hall–Kier alpha value is -2.43. The summed E-state index contributed by atoms with van der Waals surface area (Å²) in [7, 11) is 0. The molecule has 2 saturated heterocycles. The first-order valence-corrected chi connectivity index (χ1v) is 9.77. The molecule has 162 valence electrons. The predicted octanol–water partition coefficient (Wildman–Crippen LogP) is 2.27. The number of benzene rings is 1. The van der Waals surface area contributed by atoms with Gasteiger partial charge in [-0.15, -0.1) is 0 Å². The highest BCUT2D eigenvalue weighted by Gasteiger charge is 2.58. The second-order valence-electron chi connectivity index (χ2n) is 7.64. The number of carbonyl (C=O) groups excluding carboxylic acids is 1. The molecule has 2 aliphatic rings. The van der Waals surface area contributed by atoms with Crippen LogP contribution in [0.15, 0.2) is 36.7 Å². The molecule has 2 aromatic rings. The van der Waals surface area contributed by atoms with E-state index in [2.05, 4.69) is 5.10 Å². The molecule has 30 heavy (non-hydrogen) atoms. The van der Waals surface area contributed by atoms with E-state index in [1.165, 1.54) is 12.1 Å². The fraction of sp³-hybridized carbons (Fsp3) is 0.500. The van der Waals surface area contributed by atoms with Crippen LogP contribution < -0.4 is 4.90 Å². The van der Waals surface area contributed by atoms with Gasteiger partial charge >= 0.3 is 12.0 Å². The normalized spacial score (nSPS) is 24.9. The van der Waals surface area contributed by atoms with Crippen molar-refractivity contribution in [2.45, 2.75) is 31.7 Å². The van der Waals surface area contributed by atoms with Crippen molar-refractivity contribution in [3.8, 4) is 0 Å².